The molecule has 43 heavy (non-hydrogen) atoms. The molecule has 5 aromatic rings. The highest BCUT2D eigenvalue weighted by atomic mass is 16.5. The zero-order valence-corrected chi connectivity index (χ0v) is 26.2. The van der Waals surface area contributed by atoms with Gasteiger partial charge < -0.3 is 37.6 Å². The highest BCUT2D eigenvalue weighted by Crippen LogP contribution is 2.44. The zero-order valence-electron chi connectivity index (χ0n) is 26.2. The van der Waals surface area contributed by atoms with Crippen molar-refractivity contribution in [3.63, 3.8) is 0 Å². The number of pyridine rings is 1. The maximum atomic E-state index is 13.6. The Kier molecular flexibility index (Phi) is 9.56. The van der Waals surface area contributed by atoms with Gasteiger partial charge in [0.05, 0.1) is 33.0 Å². The second-order valence-corrected chi connectivity index (χ2v) is 9.91. The highest BCUT2D eigenvalue weighted by molar-refractivity contribution is 6.16. The number of rotatable bonds is 9. The Labute approximate surface area is 250 Å². The van der Waals surface area contributed by atoms with E-state index < -0.39 is 5.63 Å². The number of hydrogen-bond donors (Lipinski definition) is 1. The molecule has 9 nitrogen and oxygen atoms in total. The van der Waals surface area contributed by atoms with Crippen molar-refractivity contribution in [3.8, 4) is 34.1 Å². The van der Waals surface area contributed by atoms with Gasteiger partial charge in [0.2, 0.25) is 0 Å². The number of benzene rings is 2. The molecule has 228 valence electrons. The Bertz CT molecular complexity index is 1860. The fourth-order valence-corrected chi connectivity index (χ4v) is 5.25. The second kappa shape index (κ2) is 13.1. The molecule has 3 heterocycles. The van der Waals surface area contributed by atoms with Gasteiger partial charge in [-0.3, -0.25) is 0 Å². The van der Waals surface area contributed by atoms with Crippen molar-refractivity contribution >= 4 is 33.3 Å². The molecule has 1 N–H and O–H groups in total. The normalized spacial score (nSPS) is 11.6. The molecule has 0 saturated heterocycles. The van der Waals surface area contributed by atoms with E-state index in [2.05, 4.69) is 0 Å². The van der Waals surface area contributed by atoms with E-state index in [1.807, 2.05) is 81.6 Å². The Morgan fingerprint density at radius 1 is 0.930 bits per heavy atom. The van der Waals surface area contributed by atoms with Gasteiger partial charge in [-0.25, -0.2) is 4.79 Å². The lowest BCUT2D eigenvalue weighted by molar-refractivity contribution is 0.185. The van der Waals surface area contributed by atoms with Crippen LogP contribution in [-0.2, 0) is 4.74 Å². The molecular weight excluding hydrogens is 550 g/mol. The fraction of sp³-hybridized carbons (Fsp3) is 0.324. The third-order valence-electron chi connectivity index (χ3n) is 6.96. The van der Waals surface area contributed by atoms with Gasteiger partial charge in [0.25, 0.3) is 0 Å². The molecule has 0 radical (unpaired) electrons. The SMILES string of the molecule is CC.COC/C(O)=C\c1oc(=O)c2c(c1C)c(-c1ccc(OC)c(OC)c1)c1c3cc(OC)c(OC(C)C)cc3ccn12. The zero-order chi connectivity index (χ0) is 31.4. The average Bonchev–Trinajstić information content (AvgIpc) is 3.36. The van der Waals surface area contributed by atoms with Gasteiger partial charge in [-0.1, -0.05) is 19.9 Å². The summed E-state index contributed by atoms with van der Waals surface area (Å²) in [5.41, 5.74) is 2.86. The Morgan fingerprint density at radius 2 is 1.60 bits per heavy atom. The maximum absolute atomic E-state index is 13.6. The molecule has 0 atom stereocenters. The van der Waals surface area contributed by atoms with Gasteiger partial charge in [-0.15, -0.1) is 0 Å². The van der Waals surface area contributed by atoms with Crippen LogP contribution in [0.5, 0.6) is 23.0 Å². The molecule has 0 aliphatic carbocycles. The van der Waals surface area contributed by atoms with Crippen LogP contribution in [0.1, 0.15) is 39.0 Å². The lowest BCUT2D eigenvalue weighted by Gasteiger charge is -2.16. The third kappa shape index (κ3) is 5.72. The van der Waals surface area contributed by atoms with Crippen LogP contribution in [-0.4, -0.2) is 50.7 Å². The van der Waals surface area contributed by atoms with E-state index in [4.69, 9.17) is 28.1 Å². The van der Waals surface area contributed by atoms with Gasteiger partial charge in [0.1, 0.15) is 23.6 Å². The minimum absolute atomic E-state index is 0.0212. The first-order chi connectivity index (χ1) is 20.7. The molecule has 0 spiro atoms. The summed E-state index contributed by atoms with van der Waals surface area (Å²) < 4.78 is 35.5. The van der Waals surface area contributed by atoms with E-state index in [9.17, 15) is 9.90 Å². The Hall–Kier alpha value is -4.63. The van der Waals surface area contributed by atoms with Crippen LogP contribution in [0.15, 0.2) is 57.6 Å². The molecule has 3 aromatic heterocycles. The van der Waals surface area contributed by atoms with Crippen LogP contribution < -0.4 is 24.6 Å². The first kappa shape index (κ1) is 31.3. The van der Waals surface area contributed by atoms with Crippen molar-refractivity contribution in [1.82, 2.24) is 4.40 Å². The molecule has 0 fully saturated rings. The minimum atomic E-state index is -0.546. The monoisotopic (exact) mass is 589 g/mol. The molecule has 2 aromatic carbocycles. The van der Waals surface area contributed by atoms with Gasteiger partial charge >= 0.3 is 5.63 Å². The summed E-state index contributed by atoms with van der Waals surface area (Å²) in [6.45, 7) is 9.76. The molecular formula is C34H39NO8. The first-order valence-electron chi connectivity index (χ1n) is 14.1. The number of nitrogens with zero attached hydrogens (tertiary/aromatic N) is 1. The van der Waals surface area contributed by atoms with Crippen LogP contribution in [0.2, 0.25) is 0 Å². The van der Waals surface area contributed by atoms with Crippen LogP contribution in [0.3, 0.4) is 0 Å². The quantitative estimate of drug-likeness (QED) is 0.176. The van der Waals surface area contributed by atoms with Gasteiger partial charge in [0.15, 0.2) is 23.0 Å². The average molecular weight is 590 g/mol. The van der Waals surface area contributed by atoms with Crippen LogP contribution >= 0.6 is 0 Å². The molecule has 0 aliphatic rings. The molecule has 9 heteroatoms. The summed E-state index contributed by atoms with van der Waals surface area (Å²) >= 11 is 0. The van der Waals surface area contributed by atoms with Gasteiger partial charge in [0, 0.05) is 41.3 Å². The van der Waals surface area contributed by atoms with E-state index in [0.29, 0.717) is 39.5 Å². The minimum Gasteiger partial charge on any atom is -0.510 e. The Balaban J connectivity index is 0.00000207. The topological polar surface area (TPSA) is 101 Å². The van der Waals surface area contributed by atoms with Crippen molar-refractivity contribution < 1.29 is 33.2 Å². The predicted molar refractivity (Wildman–Crippen MR) is 170 cm³/mol. The van der Waals surface area contributed by atoms with Crippen LogP contribution in [0, 0.1) is 6.92 Å². The number of aromatic nitrogens is 1. The maximum Gasteiger partial charge on any atom is 0.361 e. The molecule has 0 saturated carbocycles. The standard InChI is InChI=1S/C32H33NO8.C2H6/c1-17(2)40-27-12-19-10-11-33-30(22(19)15-26(27)39-7)29(20-8-9-23(37-5)25(13-20)38-6)28-18(3)24(14-21(34)16-36-4)41-32(35)31(28)33;1-2/h8-15,17,34H,16H2,1-7H3;1-2H3/b21-14+;. The summed E-state index contributed by atoms with van der Waals surface area (Å²) in [6, 6.07) is 11.4. The smallest absolute Gasteiger partial charge is 0.361 e. The first-order valence-corrected chi connectivity index (χ1v) is 14.1. The van der Waals surface area contributed by atoms with E-state index in [-0.39, 0.29) is 24.2 Å². The second-order valence-electron chi connectivity index (χ2n) is 9.91. The number of ether oxygens (including phenoxy) is 5. The summed E-state index contributed by atoms with van der Waals surface area (Å²) in [5, 5.41) is 12.8. The molecule has 0 aliphatic heterocycles. The number of aliphatic hydroxyl groups excluding tert-OH is 1. The Morgan fingerprint density at radius 3 is 2.23 bits per heavy atom. The summed E-state index contributed by atoms with van der Waals surface area (Å²) in [5.74, 6) is 2.49. The van der Waals surface area contributed by atoms with Crippen molar-refractivity contribution in [1.29, 1.82) is 0 Å². The molecule has 5 rings (SSSR count). The third-order valence-corrected chi connectivity index (χ3v) is 6.96. The van der Waals surface area contributed by atoms with E-state index in [1.54, 1.807) is 21.3 Å². The van der Waals surface area contributed by atoms with Gasteiger partial charge in [-0.2, -0.15) is 0 Å². The summed E-state index contributed by atoms with van der Waals surface area (Å²) in [7, 11) is 6.23. The fourth-order valence-electron chi connectivity index (χ4n) is 5.25. The molecule has 0 unspecified atom stereocenters. The van der Waals surface area contributed by atoms with E-state index in [0.717, 1.165) is 27.4 Å². The van der Waals surface area contributed by atoms with Crippen molar-refractivity contribution in [2.45, 2.75) is 40.7 Å². The van der Waals surface area contributed by atoms with E-state index >= 15 is 0 Å². The number of hydrogen-bond acceptors (Lipinski definition) is 8. The van der Waals surface area contributed by atoms with Crippen LogP contribution in [0.4, 0.5) is 0 Å². The van der Waals surface area contributed by atoms with E-state index in [1.165, 1.54) is 13.2 Å². The largest absolute Gasteiger partial charge is 0.510 e. The summed E-state index contributed by atoms with van der Waals surface area (Å²) in [4.78, 5) is 13.6. The number of aryl methyl sites for hydroxylation is 1. The predicted octanol–water partition coefficient (Wildman–Crippen LogP) is 7.56. The lowest BCUT2D eigenvalue weighted by Crippen LogP contribution is -2.07. The van der Waals surface area contributed by atoms with Crippen molar-refractivity contribution in [2.75, 3.05) is 35.0 Å². The molecule has 0 amide bonds. The lowest BCUT2D eigenvalue weighted by atomic mass is 9.97. The van der Waals surface area contributed by atoms with Crippen molar-refractivity contribution in [2.24, 2.45) is 0 Å². The van der Waals surface area contributed by atoms with Crippen LogP contribution in [0.25, 0.3) is 44.4 Å². The number of methoxy groups -OCH3 is 4. The molecule has 0 bridgehead atoms. The van der Waals surface area contributed by atoms with Gasteiger partial charge in [-0.05, 0) is 62.1 Å². The highest BCUT2D eigenvalue weighted by Gasteiger charge is 2.24. The number of aliphatic hydroxyl groups is 1. The van der Waals surface area contributed by atoms with Crippen molar-refractivity contribution in [3.05, 3.63) is 70.1 Å². The number of fused-ring (bicyclic) bond motifs is 5. The summed E-state index contributed by atoms with van der Waals surface area (Å²) in [6.07, 6.45) is 3.22.